The highest BCUT2D eigenvalue weighted by molar-refractivity contribution is 5.88. The second kappa shape index (κ2) is 4.59. The largest absolute Gasteiger partial charge is 0.478 e. The lowest BCUT2D eigenvalue weighted by atomic mass is 9.92. The van der Waals surface area contributed by atoms with Crippen molar-refractivity contribution in [2.24, 2.45) is 5.41 Å². The molecule has 3 nitrogen and oxygen atoms in total. The van der Waals surface area contributed by atoms with E-state index in [9.17, 15) is 9.18 Å². The molecule has 0 heterocycles. The van der Waals surface area contributed by atoms with Crippen molar-refractivity contribution >= 4 is 11.7 Å². The average molecular weight is 251 g/mol. The lowest BCUT2D eigenvalue weighted by Crippen LogP contribution is -2.18. The Hall–Kier alpha value is -1.58. The quantitative estimate of drug-likeness (QED) is 0.864. The fourth-order valence-corrected chi connectivity index (χ4v) is 2.54. The number of aromatic carboxylic acids is 1. The van der Waals surface area contributed by atoms with Crippen molar-refractivity contribution in [2.45, 2.75) is 39.2 Å². The molecule has 1 aliphatic rings. The summed E-state index contributed by atoms with van der Waals surface area (Å²) < 4.78 is 13.7. The van der Waals surface area contributed by atoms with Crippen LogP contribution in [0.3, 0.4) is 0 Å². The number of anilines is 1. The molecule has 0 spiro atoms. The van der Waals surface area contributed by atoms with Crippen molar-refractivity contribution in [3.05, 3.63) is 29.6 Å². The van der Waals surface area contributed by atoms with Crippen LogP contribution in [0.4, 0.5) is 10.1 Å². The molecule has 1 fully saturated rings. The van der Waals surface area contributed by atoms with Crippen LogP contribution in [-0.2, 0) is 0 Å². The summed E-state index contributed by atoms with van der Waals surface area (Å²) >= 11 is 0. The van der Waals surface area contributed by atoms with Gasteiger partial charge in [-0.05, 0) is 42.9 Å². The maximum atomic E-state index is 13.7. The van der Waals surface area contributed by atoms with Crippen LogP contribution in [0.5, 0.6) is 0 Å². The van der Waals surface area contributed by atoms with E-state index in [2.05, 4.69) is 19.2 Å². The molecule has 0 radical (unpaired) electrons. The zero-order valence-corrected chi connectivity index (χ0v) is 10.7. The lowest BCUT2D eigenvalue weighted by molar-refractivity contribution is 0.0696. The van der Waals surface area contributed by atoms with Crippen LogP contribution in [-0.4, -0.2) is 17.1 Å². The van der Waals surface area contributed by atoms with Gasteiger partial charge >= 0.3 is 5.97 Å². The molecular formula is C14H18FNO2. The van der Waals surface area contributed by atoms with Gasteiger partial charge in [-0.25, -0.2) is 9.18 Å². The first-order chi connectivity index (χ1) is 8.37. The summed E-state index contributed by atoms with van der Waals surface area (Å²) in [5.41, 5.74) is 0.669. The highest BCUT2D eigenvalue weighted by Gasteiger charge is 2.31. The molecule has 18 heavy (non-hydrogen) atoms. The van der Waals surface area contributed by atoms with Crippen LogP contribution >= 0.6 is 0 Å². The van der Waals surface area contributed by atoms with Crippen LogP contribution in [0.25, 0.3) is 0 Å². The first kappa shape index (κ1) is 12.9. The molecule has 98 valence electrons. The van der Waals surface area contributed by atoms with Crippen molar-refractivity contribution in [1.82, 2.24) is 0 Å². The summed E-state index contributed by atoms with van der Waals surface area (Å²) in [5.74, 6) is -1.61. The molecule has 1 saturated carbocycles. The Morgan fingerprint density at radius 1 is 1.50 bits per heavy atom. The zero-order chi connectivity index (χ0) is 13.3. The maximum absolute atomic E-state index is 13.7. The molecule has 1 atom stereocenters. The normalized spacial score (nSPS) is 21.8. The fourth-order valence-electron chi connectivity index (χ4n) is 2.54. The predicted molar refractivity (Wildman–Crippen MR) is 68.4 cm³/mol. The number of nitrogens with one attached hydrogen (secondary N) is 1. The number of carboxylic acid groups (broad SMARTS) is 1. The number of hydrogen-bond acceptors (Lipinski definition) is 2. The standard InChI is InChI=1S/C14H18FNO2/c1-14(2)6-5-10(8-14)16-12-4-3-9(13(17)18)7-11(12)15/h3-4,7,10,16H,5-6,8H2,1-2H3,(H,17,18). The van der Waals surface area contributed by atoms with E-state index in [0.717, 1.165) is 25.3 Å². The van der Waals surface area contributed by atoms with Gasteiger partial charge in [0, 0.05) is 6.04 Å². The van der Waals surface area contributed by atoms with Gasteiger partial charge in [-0.3, -0.25) is 0 Å². The minimum absolute atomic E-state index is 0.0233. The van der Waals surface area contributed by atoms with Crippen molar-refractivity contribution < 1.29 is 14.3 Å². The van der Waals surface area contributed by atoms with Crippen LogP contribution in [0.2, 0.25) is 0 Å². The zero-order valence-electron chi connectivity index (χ0n) is 10.7. The van der Waals surface area contributed by atoms with Crippen molar-refractivity contribution in [3.63, 3.8) is 0 Å². The number of benzene rings is 1. The van der Waals surface area contributed by atoms with Gasteiger partial charge in [-0.2, -0.15) is 0 Å². The summed E-state index contributed by atoms with van der Waals surface area (Å²) in [5, 5.41) is 11.9. The van der Waals surface area contributed by atoms with Gasteiger partial charge < -0.3 is 10.4 Å². The third kappa shape index (κ3) is 2.81. The van der Waals surface area contributed by atoms with Gasteiger partial charge in [0.25, 0.3) is 0 Å². The maximum Gasteiger partial charge on any atom is 0.335 e. The summed E-state index contributed by atoms with van der Waals surface area (Å²) in [6, 6.07) is 4.26. The van der Waals surface area contributed by atoms with E-state index >= 15 is 0 Å². The molecule has 2 N–H and O–H groups in total. The summed E-state index contributed by atoms with van der Waals surface area (Å²) in [6.07, 6.45) is 3.15. The number of halogens is 1. The Labute approximate surface area is 106 Å². The molecule has 0 saturated heterocycles. The highest BCUT2D eigenvalue weighted by atomic mass is 19.1. The molecule has 1 unspecified atom stereocenters. The molecule has 0 aliphatic heterocycles. The Bertz CT molecular complexity index is 471. The van der Waals surface area contributed by atoms with Crippen LogP contribution in [0, 0.1) is 11.2 Å². The van der Waals surface area contributed by atoms with Crippen LogP contribution < -0.4 is 5.32 Å². The first-order valence-corrected chi connectivity index (χ1v) is 6.17. The summed E-state index contributed by atoms with van der Waals surface area (Å²) in [6.45, 7) is 4.41. The Balaban J connectivity index is 2.09. The number of rotatable bonds is 3. The fraction of sp³-hybridized carbons (Fsp3) is 0.500. The van der Waals surface area contributed by atoms with E-state index in [1.54, 1.807) is 0 Å². The van der Waals surface area contributed by atoms with Gasteiger partial charge in [-0.1, -0.05) is 13.8 Å². The van der Waals surface area contributed by atoms with Gasteiger partial charge in [0.05, 0.1) is 11.3 Å². The monoisotopic (exact) mass is 251 g/mol. The minimum Gasteiger partial charge on any atom is -0.478 e. The van der Waals surface area contributed by atoms with E-state index in [0.29, 0.717) is 11.1 Å². The van der Waals surface area contributed by atoms with E-state index in [4.69, 9.17) is 5.11 Å². The van der Waals surface area contributed by atoms with Crippen LogP contribution in [0.15, 0.2) is 18.2 Å². The summed E-state index contributed by atoms with van der Waals surface area (Å²) in [7, 11) is 0. The number of carboxylic acids is 1. The van der Waals surface area contributed by atoms with E-state index in [1.807, 2.05) is 0 Å². The third-order valence-corrected chi connectivity index (χ3v) is 3.54. The second-order valence-electron chi connectivity index (χ2n) is 5.75. The lowest BCUT2D eigenvalue weighted by Gasteiger charge is -2.19. The Kier molecular flexibility index (Phi) is 3.28. The summed E-state index contributed by atoms with van der Waals surface area (Å²) in [4.78, 5) is 10.7. The average Bonchev–Trinajstić information content (AvgIpc) is 2.61. The Morgan fingerprint density at radius 2 is 2.22 bits per heavy atom. The molecule has 0 bridgehead atoms. The molecule has 0 aromatic heterocycles. The smallest absolute Gasteiger partial charge is 0.335 e. The molecule has 1 aromatic carbocycles. The Morgan fingerprint density at radius 3 is 2.72 bits per heavy atom. The van der Waals surface area contributed by atoms with Crippen molar-refractivity contribution in [3.8, 4) is 0 Å². The van der Waals surface area contributed by atoms with Gasteiger partial charge in [-0.15, -0.1) is 0 Å². The molecule has 1 aromatic rings. The predicted octanol–water partition coefficient (Wildman–Crippen LogP) is 3.51. The van der Waals surface area contributed by atoms with Gasteiger partial charge in [0.15, 0.2) is 0 Å². The first-order valence-electron chi connectivity index (χ1n) is 6.17. The van der Waals surface area contributed by atoms with Crippen molar-refractivity contribution in [1.29, 1.82) is 0 Å². The highest BCUT2D eigenvalue weighted by Crippen LogP contribution is 2.38. The topological polar surface area (TPSA) is 49.3 Å². The van der Waals surface area contributed by atoms with E-state index in [-0.39, 0.29) is 11.6 Å². The SMILES string of the molecule is CC1(C)CCC(Nc2ccc(C(=O)O)cc2F)C1. The molecule has 1 aliphatic carbocycles. The number of carbonyl (C=O) groups is 1. The van der Waals surface area contributed by atoms with Crippen molar-refractivity contribution in [2.75, 3.05) is 5.32 Å². The molecular weight excluding hydrogens is 233 g/mol. The van der Waals surface area contributed by atoms with E-state index < -0.39 is 11.8 Å². The van der Waals surface area contributed by atoms with Crippen LogP contribution in [0.1, 0.15) is 43.5 Å². The second-order valence-corrected chi connectivity index (χ2v) is 5.75. The molecule has 0 amide bonds. The minimum atomic E-state index is -1.11. The third-order valence-electron chi connectivity index (χ3n) is 3.54. The molecule has 2 rings (SSSR count). The van der Waals surface area contributed by atoms with Gasteiger partial charge in [0.1, 0.15) is 5.82 Å². The van der Waals surface area contributed by atoms with Gasteiger partial charge in [0.2, 0.25) is 0 Å². The molecule has 4 heteroatoms. The van der Waals surface area contributed by atoms with E-state index in [1.165, 1.54) is 12.1 Å². The number of hydrogen-bond donors (Lipinski definition) is 2.